The second-order valence-corrected chi connectivity index (χ2v) is 5.61. The molecular weight excluding hydrogens is 326 g/mol. The summed E-state index contributed by atoms with van der Waals surface area (Å²) < 4.78 is 32.6. The van der Waals surface area contributed by atoms with Gasteiger partial charge in [-0.2, -0.15) is 0 Å². The molecule has 0 N–H and O–H groups in total. The highest BCUT2D eigenvalue weighted by atomic mass is 19.1. The largest absolute Gasteiger partial charge is 0.485 e. The Hall–Kier alpha value is -2.76. The van der Waals surface area contributed by atoms with Gasteiger partial charge < -0.3 is 9.64 Å². The van der Waals surface area contributed by atoms with Crippen molar-refractivity contribution in [2.45, 2.75) is 13.8 Å². The van der Waals surface area contributed by atoms with Gasteiger partial charge in [0.1, 0.15) is 17.4 Å². The Balaban J connectivity index is 2.12. The van der Waals surface area contributed by atoms with Gasteiger partial charge in [0.2, 0.25) is 5.78 Å². The van der Waals surface area contributed by atoms with Gasteiger partial charge in [0.15, 0.2) is 6.61 Å². The second kappa shape index (κ2) is 8.37. The Morgan fingerprint density at radius 3 is 2.72 bits per heavy atom. The van der Waals surface area contributed by atoms with Crippen molar-refractivity contribution >= 4 is 17.8 Å². The number of hydrogen-bond acceptors (Lipinski definition) is 3. The fourth-order valence-corrected chi connectivity index (χ4v) is 2.05. The molecule has 0 aliphatic carbocycles. The molecule has 0 unspecified atom stereocenters. The summed E-state index contributed by atoms with van der Waals surface area (Å²) in [5.41, 5.74) is 1.06. The fourth-order valence-electron chi connectivity index (χ4n) is 2.05. The fraction of sp³-hybridized carbons (Fsp3) is 0.263. The molecule has 132 valence electrons. The number of benzene rings is 2. The summed E-state index contributed by atoms with van der Waals surface area (Å²) in [5, 5.41) is 0. The minimum Gasteiger partial charge on any atom is -0.485 e. The number of Topliss-reactive ketones (excluding diaryl/α,β-unsaturated/α-hetero) is 1. The Morgan fingerprint density at radius 2 is 2.04 bits per heavy atom. The molecule has 0 bridgehead atoms. The van der Waals surface area contributed by atoms with E-state index in [-0.39, 0.29) is 17.9 Å². The highest BCUT2D eigenvalue weighted by Crippen LogP contribution is 2.23. The van der Waals surface area contributed by atoms with E-state index in [2.05, 4.69) is 4.99 Å². The molecule has 4 nitrogen and oxygen atoms in total. The lowest BCUT2D eigenvalue weighted by Gasteiger charge is -2.10. The van der Waals surface area contributed by atoms with Crippen LogP contribution in [0.5, 0.6) is 5.75 Å². The first-order valence-electron chi connectivity index (χ1n) is 7.87. The molecule has 2 aromatic rings. The zero-order valence-corrected chi connectivity index (χ0v) is 14.4. The molecular formula is C19H20F2N2O2. The van der Waals surface area contributed by atoms with E-state index < -0.39 is 17.4 Å². The van der Waals surface area contributed by atoms with Gasteiger partial charge in [-0.05, 0) is 37.6 Å². The van der Waals surface area contributed by atoms with Crippen molar-refractivity contribution in [3.63, 3.8) is 0 Å². The van der Waals surface area contributed by atoms with Crippen LogP contribution in [-0.2, 0) is 0 Å². The second-order valence-electron chi connectivity index (χ2n) is 5.61. The summed E-state index contributed by atoms with van der Waals surface area (Å²) in [6.45, 7) is 4.13. The van der Waals surface area contributed by atoms with Crippen LogP contribution in [0.1, 0.15) is 22.8 Å². The Bertz CT molecular complexity index is 791. The Morgan fingerprint density at radius 1 is 1.28 bits per heavy atom. The van der Waals surface area contributed by atoms with Gasteiger partial charge in [0, 0.05) is 25.7 Å². The molecule has 0 radical (unpaired) electrons. The maximum Gasteiger partial charge on any atom is 0.203 e. The van der Waals surface area contributed by atoms with Crippen molar-refractivity contribution in [1.29, 1.82) is 0 Å². The highest BCUT2D eigenvalue weighted by Gasteiger charge is 2.15. The Kier molecular flexibility index (Phi) is 6.22. The third-order valence-electron chi connectivity index (χ3n) is 3.64. The highest BCUT2D eigenvalue weighted by molar-refractivity contribution is 5.98. The van der Waals surface area contributed by atoms with Crippen LogP contribution in [0.2, 0.25) is 0 Å². The molecule has 0 aliphatic rings. The van der Waals surface area contributed by atoms with Crippen molar-refractivity contribution < 1.29 is 18.3 Å². The van der Waals surface area contributed by atoms with E-state index in [0.29, 0.717) is 11.3 Å². The SMILES string of the molecule is CCN(C)/C=N/c1cc(F)c(C(=O)COc2cccc(F)c2)cc1C. The lowest BCUT2D eigenvalue weighted by molar-refractivity contribution is 0.0917. The molecule has 0 saturated carbocycles. The van der Waals surface area contributed by atoms with Gasteiger partial charge in [-0.3, -0.25) is 4.79 Å². The quantitative estimate of drug-likeness (QED) is 0.430. The van der Waals surface area contributed by atoms with Gasteiger partial charge in [-0.25, -0.2) is 13.8 Å². The van der Waals surface area contributed by atoms with Gasteiger partial charge in [-0.15, -0.1) is 0 Å². The lowest BCUT2D eigenvalue weighted by atomic mass is 10.1. The first kappa shape index (κ1) is 18.6. The van der Waals surface area contributed by atoms with Gasteiger partial charge in [-0.1, -0.05) is 6.07 Å². The molecule has 2 rings (SSSR count). The van der Waals surface area contributed by atoms with Crippen LogP contribution < -0.4 is 4.74 Å². The number of aryl methyl sites for hydroxylation is 1. The minimum atomic E-state index is -0.662. The van der Waals surface area contributed by atoms with E-state index in [1.165, 1.54) is 30.3 Å². The minimum absolute atomic E-state index is 0.0725. The topological polar surface area (TPSA) is 41.9 Å². The summed E-state index contributed by atoms with van der Waals surface area (Å²) in [4.78, 5) is 18.3. The molecule has 0 atom stereocenters. The van der Waals surface area contributed by atoms with Crippen molar-refractivity contribution in [1.82, 2.24) is 4.90 Å². The number of halogens is 2. The molecule has 25 heavy (non-hydrogen) atoms. The molecule has 2 aromatic carbocycles. The van der Waals surface area contributed by atoms with Crippen molar-refractivity contribution in [3.05, 3.63) is 59.2 Å². The standard InChI is InChI=1S/C19H20F2N2O2/c1-4-23(3)12-22-18-10-17(21)16(8-13(18)2)19(24)11-25-15-7-5-6-14(20)9-15/h5-10,12H,4,11H2,1-3H3/b22-12+. The number of carbonyl (C=O) groups excluding carboxylic acids is 1. The van der Waals surface area contributed by atoms with Gasteiger partial charge >= 0.3 is 0 Å². The normalized spacial score (nSPS) is 10.9. The molecule has 0 aromatic heterocycles. The molecule has 0 heterocycles. The van der Waals surface area contributed by atoms with Gasteiger partial charge in [0.05, 0.1) is 17.6 Å². The number of ether oxygens (including phenoxy) is 1. The molecule has 0 saturated heterocycles. The number of nitrogens with zero attached hydrogens (tertiary/aromatic N) is 2. The van der Waals surface area contributed by atoms with Crippen LogP contribution in [0, 0.1) is 18.6 Å². The van der Waals surface area contributed by atoms with Crippen LogP contribution in [0.4, 0.5) is 14.5 Å². The van der Waals surface area contributed by atoms with Crippen molar-refractivity contribution in [3.8, 4) is 5.75 Å². The summed E-state index contributed by atoms with van der Waals surface area (Å²) in [6, 6.07) is 8.11. The lowest BCUT2D eigenvalue weighted by Crippen LogP contribution is -2.15. The summed E-state index contributed by atoms with van der Waals surface area (Å²) >= 11 is 0. The van der Waals surface area contributed by atoms with E-state index >= 15 is 0 Å². The summed E-state index contributed by atoms with van der Waals surface area (Å²) in [5.74, 6) is -1.43. The number of rotatable bonds is 7. The van der Waals surface area contributed by atoms with E-state index in [1.807, 2.05) is 18.9 Å². The number of ketones is 1. The van der Waals surface area contributed by atoms with Crippen molar-refractivity contribution in [2.24, 2.45) is 4.99 Å². The van der Waals surface area contributed by atoms with Crippen LogP contribution in [0.15, 0.2) is 41.4 Å². The number of aliphatic imine (C=N–C) groups is 1. The molecule has 0 aliphatic heterocycles. The molecule has 6 heteroatoms. The van der Waals surface area contributed by atoms with E-state index in [1.54, 1.807) is 13.3 Å². The molecule has 0 amide bonds. The first-order valence-corrected chi connectivity index (χ1v) is 7.87. The van der Waals surface area contributed by atoms with Crippen LogP contribution in [0.25, 0.3) is 0 Å². The van der Waals surface area contributed by atoms with E-state index in [0.717, 1.165) is 12.6 Å². The third-order valence-corrected chi connectivity index (χ3v) is 3.64. The summed E-state index contributed by atoms with van der Waals surface area (Å²) in [6.07, 6.45) is 1.61. The average molecular weight is 346 g/mol. The van der Waals surface area contributed by atoms with E-state index in [9.17, 15) is 13.6 Å². The predicted octanol–water partition coefficient (Wildman–Crippen LogP) is 4.15. The molecule has 0 spiro atoms. The Labute approximate surface area is 145 Å². The third kappa shape index (κ3) is 5.11. The van der Waals surface area contributed by atoms with Gasteiger partial charge in [0.25, 0.3) is 0 Å². The zero-order valence-electron chi connectivity index (χ0n) is 14.4. The number of carbonyl (C=O) groups is 1. The predicted molar refractivity (Wildman–Crippen MR) is 93.8 cm³/mol. The zero-order chi connectivity index (χ0) is 18.4. The molecule has 0 fully saturated rings. The van der Waals surface area contributed by atoms with Crippen LogP contribution in [-0.4, -0.2) is 37.2 Å². The maximum absolute atomic E-state index is 14.3. The number of hydrogen-bond donors (Lipinski definition) is 0. The first-order chi connectivity index (χ1) is 11.9. The summed E-state index contributed by atoms with van der Waals surface area (Å²) in [7, 11) is 1.86. The average Bonchev–Trinajstić information content (AvgIpc) is 2.59. The van der Waals surface area contributed by atoms with E-state index in [4.69, 9.17) is 4.74 Å². The van der Waals surface area contributed by atoms with Crippen LogP contribution in [0.3, 0.4) is 0 Å². The maximum atomic E-state index is 14.3. The monoisotopic (exact) mass is 346 g/mol. The smallest absolute Gasteiger partial charge is 0.203 e. The van der Waals surface area contributed by atoms with Crippen molar-refractivity contribution in [2.75, 3.05) is 20.2 Å². The van der Waals surface area contributed by atoms with Crippen LogP contribution >= 0.6 is 0 Å².